The molecule has 0 heterocycles. The number of rotatable bonds is 3. The van der Waals surface area contributed by atoms with E-state index >= 15 is 0 Å². The van der Waals surface area contributed by atoms with Crippen LogP contribution in [0.5, 0.6) is 0 Å². The zero-order valence-electron chi connectivity index (χ0n) is 7.04. The third-order valence-electron chi connectivity index (χ3n) is 1.78. The topological polar surface area (TPSA) is 62.1 Å². The molecule has 1 saturated carbocycles. The lowest BCUT2D eigenvalue weighted by atomic mass is 10.2. The van der Waals surface area contributed by atoms with Crippen molar-refractivity contribution in [1.29, 1.82) is 5.26 Å². The lowest BCUT2D eigenvalue weighted by Crippen LogP contribution is -2.35. The number of carbonyl (C=O) groups is 1. The normalized spacial score (nSPS) is 17.7. The molecule has 1 aliphatic rings. The Hall–Kier alpha value is -1.24. The van der Waals surface area contributed by atoms with E-state index in [1.807, 2.05) is 6.07 Å². The van der Waals surface area contributed by atoms with Crippen LogP contribution in [-0.2, 0) is 4.74 Å². The average Bonchev–Trinajstić information content (AvgIpc) is 2.83. The minimum absolute atomic E-state index is 0.342. The van der Waals surface area contributed by atoms with Gasteiger partial charge in [0.25, 0.3) is 0 Å². The fourth-order valence-electron chi connectivity index (χ4n) is 0.985. The van der Waals surface area contributed by atoms with Crippen molar-refractivity contribution in [1.82, 2.24) is 5.32 Å². The number of amides is 1. The molecule has 0 radical (unpaired) electrons. The van der Waals surface area contributed by atoms with Gasteiger partial charge in [-0.3, -0.25) is 0 Å². The smallest absolute Gasteiger partial charge is 0.408 e. The van der Waals surface area contributed by atoms with Crippen molar-refractivity contribution in [3.8, 4) is 6.07 Å². The highest BCUT2D eigenvalue weighted by molar-refractivity contribution is 5.68. The summed E-state index contributed by atoms with van der Waals surface area (Å²) in [5, 5.41) is 11.1. The second-order valence-electron chi connectivity index (χ2n) is 2.81. The van der Waals surface area contributed by atoms with E-state index in [0.29, 0.717) is 12.5 Å². The Kier molecular flexibility index (Phi) is 2.92. The monoisotopic (exact) mass is 168 g/mol. The average molecular weight is 168 g/mol. The predicted octanol–water partition coefficient (Wildman–Crippen LogP) is 1.03. The zero-order valence-corrected chi connectivity index (χ0v) is 7.04. The Bertz CT molecular complexity index is 206. The molecular formula is C8H12N2O2. The molecule has 0 bridgehead atoms. The molecule has 1 unspecified atom stereocenters. The Morgan fingerprint density at radius 2 is 2.50 bits per heavy atom. The van der Waals surface area contributed by atoms with E-state index in [9.17, 15) is 4.79 Å². The molecule has 12 heavy (non-hydrogen) atoms. The molecule has 66 valence electrons. The molecule has 1 rings (SSSR count). The third kappa shape index (κ3) is 2.42. The van der Waals surface area contributed by atoms with Crippen molar-refractivity contribution in [2.24, 2.45) is 5.92 Å². The van der Waals surface area contributed by atoms with Crippen LogP contribution in [0.1, 0.15) is 19.8 Å². The van der Waals surface area contributed by atoms with Crippen LogP contribution in [0.25, 0.3) is 0 Å². The first-order valence-electron chi connectivity index (χ1n) is 4.10. The van der Waals surface area contributed by atoms with Crippen LogP contribution < -0.4 is 5.32 Å². The Labute approximate surface area is 71.5 Å². The van der Waals surface area contributed by atoms with Gasteiger partial charge in [0.1, 0.15) is 6.04 Å². The van der Waals surface area contributed by atoms with Crippen molar-refractivity contribution < 1.29 is 9.53 Å². The number of ether oxygens (including phenoxy) is 1. The summed E-state index contributed by atoms with van der Waals surface area (Å²) >= 11 is 0. The number of carbonyl (C=O) groups excluding carboxylic acids is 1. The summed E-state index contributed by atoms with van der Waals surface area (Å²) in [4.78, 5) is 10.9. The number of nitrogens with zero attached hydrogens (tertiary/aromatic N) is 1. The van der Waals surface area contributed by atoms with Gasteiger partial charge < -0.3 is 10.1 Å². The maximum absolute atomic E-state index is 10.9. The van der Waals surface area contributed by atoms with Gasteiger partial charge >= 0.3 is 6.09 Å². The van der Waals surface area contributed by atoms with Gasteiger partial charge in [-0.1, -0.05) is 0 Å². The van der Waals surface area contributed by atoms with Crippen LogP contribution in [0.15, 0.2) is 0 Å². The lowest BCUT2D eigenvalue weighted by molar-refractivity contribution is 0.149. The molecule has 4 heteroatoms. The highest BCUT2D eigenvalue weighted by atomic mass is 16.5. The SMILES string of the molecule is CCOC(=O)NC(C#N)C1CC1. The van der Waals surface area contributed by atoms with Gasteiger partial charge in [0.15, 0.2) is 0 Å². The second-order valence-corrected chi connectivity index (χ2v) is 2.81. The van der Waals surface area contributed by atoms with Gasteiger partial charge in [-0.25, -0.2) is 4.79 Å². The molecule has 0 aromatic rings. The predicted molar refractivity (Wildman–Crippen MR) is 42.3 cm³/mol. The quantitative estimate of drug-likeness (QED) is 0.684. The molecule has 1 N–H and O–H groups in total. The summed E-state index contributed by atoms with van der Waals surface area (Å²) in [7, 11) is 0. The van der Waals surface area contributed by atoms with E-state index in [-0.39, 0.29) is 6.04 Å². The van der Waals surface area contributed by atoms with E-state index in [1.165, 1.54) is 0 Å². The van der Waals surface area contributed by atoms with Crippen LogP contribution in [0, 0.1) is 17.2 Å². The lowest BCUT2D eigenvalue weighted by Gasteiger charge is -2.09. The third-order valence-corrected chi connectivity index (χ3v) is 1.78. The van der Waals surface area contributed by atoms with Crippen LogP contribution >= 0.6 is 0 Å². The molecule has 1 fully saturated rings. The van der Waals surface area contributed by atoms with Gasteiger partial charge in [-0.2, -0.15) is 5.26 Å². The van der Waals surface area contributed by atoms with E-state index < -0.39 is 6.09 Å². The van der Waals surface area contributed by atoms with Gasteiger partial charge in [0.2, 0.25) is 0 Å². The van der Waals surface area contributed by atoms with Crippen molar-refractivity contribution in [3.05, 3.63) is 0 Å². The summed E-state index contributed by atoms with van der Waals surface area (Å²) in [6, 6.07) is 1.68. The molecule has 0 spiro atoms. The number of hydrogen-bond acceptors (Lipinski definition) is 3. The summed E-state index contributed by atoms with van der Waals surface area (Å²) in [6.07, 6.45) is 1.57. The molecule has 1 aliphatic carbocycles. The molecule has 4 nitrogen and oxygen atoms in total. The van der Waals surface area contributed by atoms with Gasteiger partial charge in [0.05, 0.1) is 12.7 Å². The minimum atomic E-state index is -0.490. The first-order chi connectivity index (χ1) is 5.77. The maximum Gasteiger partial charge on any atom is 0.408 e. The summed E-state index contributed by atoms with van der Waals surface area (Å²) in [5.41, 5.74) is 0. The summed E-state index contributed by atoms with van der Waals surface area (Å²) in [6.45, 7) is 2.08. The molecular weight excluding hydrogens is 156 g/mol. The van der Waals surface area contributed by atoms with E-state index in [2.05, 4.69) is 10.1 Å². The van der Waals surface area contributed by atoms with Gasteiger partial charge in [0, 0.05) is 0 Å². The fraction of sp³-hybridized carbons (Fsp3) is 0.750. The minimum Gasteiger partial charge on any atom is -0.450 e. The molecule has 1 amide bonds. The first kappa shape index (κ1) is 8.85. The highest BCUT2D eigenvalue weighted by Crippen LogP contribution is 2.32. The number of alkyl carbamates (subject to hydrolysis) is 1. The Morgan fingerprint density at radius 1 is 1.83 bits per heavy atom. The molecule has 0 aromatic heterocycles. The van der Waals surface area contributed by atoms with Gasteiger partial charge in [-0.15, -0.1) is 0 Å². The van der Waals surface area contributed by atoms with Crippen molar-refractivity contribution >= 4 is 6.09 Å². The van der Waals surface area contributed by atoms with Crippen molar-refractivity contribution in [2.45, 2.75) is 25.8 Å². The molecule has 0 aromatic carbocycles. The van der Waals surface area contributed by atoms with Gasteiger partial charge in [-0.05, 0) is 25.7 Å². The highest BCUT2D eigenvalue weighted by Gasteiger charge is 2.32. The standard InChI is InChI=1S/C8H12N2O2/c1-2-12-8(11)10-7(5-9)6-3-4-6/h6-7H,2-4H2,1H3,(H,10,11). The Balaban J connectivity index is 2.27. The largest absolute Gasteiger partial charge is 0.450 e. The number of nitrogens with one attached hydrogen (secondary N) is 1. The second kappa shape index (κ2) is 3.96. The van der Waals surface area contributed by atoms with Crippen molar-refractivity contribution in [3.63, 3.8) is 0 Å². The van der Waals surface area contributed by atoms with E-state index in [4.69, 9.17) is 5.26 Å². The molecule has 0 saturated heterocycles. The van der Waals surface area contributed by atoms with E-state index in [0.717, 1.165) is 12.8 Å². The van der Waals surface area contributed by atoms with Crippen LogP contribution in [0.2, 0.25) is 0 Å². The van der Waals surface area contributed by atoms with Crippen LogP contribution in [0.3, 0.4) is 0 Å². The zero-order chi connectivity index (χ0) is 8.97. The van der Waals surface area contributed by atoms with Crippen LogP contribution in [0.4, 0.5) is 4.79 Å². The number of nitriles is 1. The summed E-state index contributed by atoms with van der Waals surface area (Å²) < 4.78 is 4.65. The molecule has 1 atom stereocenters. The van der Waals surface area contributed by atoms with Crippen molar-refractivity contribution in [2.75, 3.05) is 6.61 Å². The molecule has 0 aliphatic heterocycles. The fourth-order valence-corrected chi connectivity index (χ4v) is 0.985. The van der Waals surface area contributed by atoms with Crippen LogP contribution in [-0.4, -0.2) is 18.7 Å². The number of hydrogen-bond donors (Lipinski definition) is 1. The first-order valence-corrected chi connectivity index (χ1v) is 4.10. The maximum atomic E-state index is 10.9. The summed E-state index contributed by atoms with van der Waals surface area (Å²) in [5.74, 6) is 0.347. The van der Waals surface area contributed by atoms with E-state index in [1.54, 1.807) is 6.92 Å². The Morgan fingerprint density at radius 3 is 2.92 bits per heavy atom.